The van der Waals surface area contributed by atoms with Crippen LogP contribution in [0.3, 0.4) is 0 Å². The molecule has 1 N–H and O–H groups in total. The molecule has 0 aliphatic carbocycles. The molecule has 2 heterocycles. The van der Waals surface area contributed by atoms with Crippen molar-refractivity contribution in [3.8, 4) is 0 Å². The summed E-state index contributed by atoms with van der Waals surface area (Å²) in [5.41, 5.74) is 1.41. The standard InChI is InChI=1S/C21H27ClN4OS/c1-15(2)23-20(27)14-28-21-24-18(22)13-19(25-21)26-10-8-17(9-11-26)12-16-6-4-3-5-7-16/h3-7,13,15,17H,8-12,14H2,1-2H3,(H,23,27). The number of carbonyl (C=O) groups is 1. The van der Waals surface area contributed by atoms with Crippen LogP contribution in [-0.4, -0.2) is 40.8 Å². The number of hydrogen-bond acceptors (Lipinski definition) is 5. The molecule has 1 aromatic carbocycles. The predicted octanol–water partition coefficient (Wildman–Crippen LogP) is 4.21. The summed E-state index contributed by atoms with van der Waals surface area (Å²) < 4.78 is 0. The van der Waals surface area contributed by atoms with E-state index < -0.39 is 0 Å². The molecule has 0 radical (unpaired) electrons. The maximum Gasteiger partial charge on any atom is 0.230 e. The van der Waals surface area contributed by atoms with Gasteiger partial charge in [-0.15, -0.1) is 0 Å². The van der Waals surface area contributed by atoms with E-state index in [4.69, 9.17) is 11.6 Å². The zero-order chi connectivity index (χ0) is 19.9. The van der Waals surface area contributed by atoms with E-state index in [0.29, 0.717) is 16.2 Å². The number of piperidine rings is 1. The first-order valence-electron chi connectivity index (χ1n) is 9.75. The summed E-state index contributed by atoms with van der Waals surface area (Å²) in [4.78, 5) is 23.0. The van der Waals surface area contributed by atoms with E-state index >= 15 is 0 Å². The van der Waals surface area contributed by atoms with Gasteiger partial charge in [0.15, 0.2) is 5.16 Å². The normalized spacial score (nSPS) is 15.1. The Balaban J connectivity index is 1.55. The Morgan fingerprint density at radius 2 is 1.96 bits per heavy atom. The summed E-state index contributed by atoms with van der Waals surface area (Å²) in [7, 11) is 0. The Hall–Kier alpha value is -1.79. The molecule has 1 saturated heterocycles. The van der Waals surface area contributed by atoms with Crippen molar-refractivity contribution in [3.05, 3.63) is 47.1 Å². The lowest BCUT2D eigenvalue weighted by atomic mass is 9.90. The van der Waals surface area contributed by atoms with Crippen LogP contribution in [0.1, 0.15) is 32.3 Å². The van der Waals surface area contributed by atoms with Crippen LogP contribution in [0.15, 0.2) is 41.6 Å². The molecule has 1 amide bonds. The number of benzene rings is 1. The van der Waals surface area contributed by atoms with Gasteiger partial charge in [0, 0.05) is 25.2 Å². The minimum atomic E-state index is -0.0214. The lowest BCUT2D eigenvalue weighted by Crippen LogP contribution is -2.35. The quantitative estimate of drug-likeness (QED) is 0.414. The monoisotopic (exact) mass is 418 g/mol. The Morgan fingerprint density at radius 3 is 2.64 bits per heavy atom. The van der Waals surface area contributed by atoms with Gasteiger partial charge in [0.25, 0.3) is 0 Å². The Labute approximate surface area is 176 Å². The number of halogens is 1. The Bertz CT molecular complexity index is 779. The number of hydrogen-bond donors (Lipinski definition) is 1. The van der Waals surface area contributed by atoms with Crippen molar-refractivity contribution in [2.24, 2.45) is 5.92 Å². The van der Waals surface area contributed by atoms with Gasteiger partial charge in [0.2, 0.25) is 5.91 Å². The van der Waals surface area contributed by atoms with Crippen LogP contribution < -0.4 is 10.2 Å². The molecule has 1 aliphatic rings. The SMILES string of the molecule is CC(C)NC(=O)CSc1nc(Cl)cc(N2CCC(Cc3ccccc3)CC2)n1. The second kappa shape index (κ2) is 10.1. The number of anilines is 1. The average Bonchev–Trinajstić information content (AvgIpc) is 2.67. The minimum Gasteiger partial charge on any atom is -0.356 e. The van der Waals surface area contributed by atoms with Crippen LogP contribution in [0.5, 0.6) is 0 Å². The van der Waals surface area contributed by atoms with Crippen molar-refractivity contribution in [2.75, 3.05) is 23.7 Å². The molecule has 0 atom stereocenters. The van der Waals surface area contributed by atoms with E-state index in [9.17, 15) is 4.79 Å². The van der Waals surface area contributed by atoms with E-state index in [-0.39, 0.29) is 17.7 Å². The molecule has 2 aromatic rings. The number of aromatic nitrogens is 2. The van der Waals surface area contributed by atoms with Crippen LogP contribution in [0.2, 0.25) is 5.15 Å². The fourth-order valence-corrected chi connectivity index (χ4v) is 4.31. The lowest BCUT2D eigenvalue weighted by molar-refractivity contribution is -0.119. The number of nitrogens with one attached hydrogen (secondary N) is 1. The van der Waals surface area contributed by atoms with E-state index in [0.717, 1.165) is 38.2 Å². The second-order valence-corrected chi connectivity index (χ2v) is 8.79. The first-order valence-corrected chi connectivity index (χ1v) is 11.1. The average molecular weight is 419 g/mol. The fraction of sp³-hybridized carbons (Fsp3) is 0.476. The van der Waals surface area contributed by atoms with Gasteiger partial charge in [-0.3, -0.25) is 4.79 Å². The van der Waals surface area contributed by atoms with Crippen LogP contribution in [0, 0.1) is 5.92 Å². The van der Waals surface area contributed by atoms with Crippen molar-refractivity contribution in [2.45, 2.75) is 44.3 Å². The minimum absolute atomic E-state index is 0.0214. The lowest BCUT2D eigenvalue weighted by Gasteiger charge is -2.33. The molecule has 28 heavy (non-hydrogen) atoms. The van der Waals surface area contributed by atoms with Crippen molar-refractivity contribution in [3.63, 3.8) is 0 Å². The van der Waals surface area contributed by atoms with Crippen LogP contribution in [-0.2, 0) is 11.2 Å². The summed E-state index contributed by atoms with van der Waals surface area (Å²) >= 11 is 7.53. The van der Waals surface area contributed by atoms with Gasteiger partial charge in [0.1, 0.15) is 11.0 Å². The molecular weight excluding hydrogens is 392 g/mol. The molecule has 0 bridgehead atoms. The molecular formula is C21H27ClN4OS. The zero-order valence-corrected chi connectivity index (χ0v) is 18.0. The van der Waals surface area contributed by atoms with E-state index in [2.05, 4.69) is 50.5 Å². The third kappa shape index (κ3) is 6.38. The van der Waals surface area contributed by atoms with E-state index in [1.165, 1.54) is 17.3 Å². The molecule has 5 nitrogen and oxygen atoms in total. The van der Waals surface area contributed by atoms with E-state index in [1.807, 2.05) is 19.9 Å². The number of carbonyl (C=O) groups excluding carboxylic acids is 1. The molecule has 1 fully saturated rings. The summed E-state index contributed by atoms with van der Waals surface area (Å²) in [5, 5.41) is 3.84. The first-order chi connectivity index (χ1) is 13.5. The zero-order valence-electron chi connectivity index (χ0n) is 16.4. The highest BCUT2D eigenvalue weighted by molar-refractivity contribution is 7.99. The number of amides is 1. The summed E-state index contributed by atoms with van der Waals surface area (Å²) in [6, 6.07) is 12.6. The summed E-state index contributed by atoms with van der Waals surface area (Å²) in [6.45, 7) is 5.81. The summed E-state index contributed by atoms with van der Waals surface area (Å²) in [6.07, 6.45) is 3.40. The molecule has 3 rings (SSSR count). The molecule has 1 aromatic heterocycles. The van der Waals surface area contributed by atoms with Crippen molar-refractivity contribution in [1.29, 1.82) is 0 Å². The van der Waals surface area contributed by atoms with Crippen molar-refractivity contribution in [1.82, 2.24) is 15.3 Å². The number of thioether (sulfide) groups is 1. The maximum absolute atomic E-state index is 11.9. The Morgan fingerprint density at radius 1 is 1.25 bits per heavy atom. The van der Waals surface area contributed by atoms with Crippen molar-refractivity contribution < 1.29 is 4.79 Å². The molecule has 7 heteroatoms. The smallest absolute Gasteiger partial charge is 0.230 e. The first kappa shape index (κ1) is 20.9. The van der Waals surface area contributed by atoms with E-state index in [1.54, 1.807) is 0 Å². The van der Waals surface area contributed by atoms with Gasteiger partial charge < -0.3 is 10.2 Å². The second-order valence-electron chi connectivity index (χ2n) is 7.46. The van der Waals surface area contributed by atoms with Crippen LogP contribution >= 0.6 is 23.4 Å². The third-order valence-electron chi connectivity index (χ3n) is 4.75. The highest BCUT2D eigenvalue weighted by Gasteiger charge is 2.21. The van der Waals surface area contributed by atoms with Gasteiger partial charge in [-0.25, -0.2) is 9.97 Å². The maximum atomic E-state index is 11.9. The van der Waals surface area contributed by atoms with Crippen LogP contribution in [0.4, 0.5) is 5.82 Å². The van der Waals surface area contributed by atoms with Gasteiger partial charge in [-0.05, 0) is 44.6 Å². The summed E-state index contributed by atoms with van der Waals surface area (Å²) in [5.74, 6) is 1.82. The van der Waals surface area contributed by atoms with Crippen molar-refractivity contribution >= 4 is 35.1 Å². The fourth-order valence-electron chi connectivity index (χ4n) is 3.42. The molecule has 150 valence electrons. The molecule has 1 aliphatic heterocycles. The predicted molar refractivity (Wildman–Crippen MR) is 116 cm³/mol. The Kier molecular flexibility index (Phi) is 7.57. The van der Waals surface area contributed by atoms with Crippen LogP contribution in [0.25, 0.3) is 0 Å². The topological polar surface area (TPSA) is 58.1 Å². The highest BCUT2D eigenvalue weighted by Crippen LogP contribution is 2.27. The molecule has 0 unspecified atom stereocenters. The highest BCUT2D eigenvalue weighted by atomic mass is 35.5. The van der Waals surface area contributed by atoms with Gasteiger partial charge >= 0.3 is 0 Å². The third-order valence-corrected chi connectivity index (χ3v) is 5.79. The van der Waals surface area contributed by atoms with Gasteiger partial charge in [-0.1, -0.05) is 53.7 Å². The molecule has 0 saturated carbocycles. The molecule has 0 spiro atoms. The van der Waals surface area contributed by atoms with Gasteiger partial charge in [-0.2, -0.15) is 0 Å². The largest absolute Gasteiger partial charge is 0.356 e. The number of nitrogens with zero attached hydrogens (tertiary/aromatic N) is 3. The number of rotatable bonds is 7. The van der Waals surface area contributed by atoms with Gasteiger partial charge in [0.05, 0.1) is 5.75 Å².